The summed E-state index contributed by atoms with van der Waals surface area (Å²) in [6, 6.07) is 16.5. The Morgan fingerprint density at radius 3 is 2.41 bits per heavy atom. The number of carbonyl (C=O) groups excluding carboxylic acids is 1. The van der Waals surface area contributed by atoms with Gasteiger partial charge < -0.3 is 24.8 Å². The molecule has 1 saturated heterocycles. The summed E-state index contributed by atoms with van der Waals surface area (Å²) in [5, 5.41) is 11.5. The van der Waals surface area contributed by atoms with Crippen LogP contribution >= 0.6 is 0 Å². The summed E-state index contributed by atoms with van der Waals surface area (Å²) in [6.07, 6.45) is -0.609. The first-order valence-corrected chi connectivity index (χ1v) is 9.77. The Hall–Kier alpha value is -2.90. The fraction of sp³-hybridized carbons (Fsp3) is 0.364. The number of nitrogens with zero attached hydrogens (tertiary/aromatic N) is 1. The van der Waals surface area contributed by atoms with E-state index in [4.69, 9.17) is 14.6 Å². The number of morpholine rings is 1. The molecule has 0 radical (unpaired) electrons. The molecule has 0 saturated carbocycles. The van der Waals surface area contributed by atoms with Crippen molar-refractivity contribution in [3.63, 3.8) is 0 Å². The standard InChI is InChI=1S/C22H24N2O5/c25-21(26)12-23-11-15-13-24(9-10-28-15)22(27)29-14-20-18-7-3-1-5-16(18)17-6-2-4-8-19(17)20/h1-8,15,20,23H,9-14H2,(H,25,26). The summed E-state index contributed by atoms with van der Waals surface area (Å²) >= 11 is 0. The van der Waals surface area contributed by atoms with Gasteiger partial charge in [0.05, 0.1) is 25.8 Å². The van der Waals surface area contributed by atoms with E-state index in [2.05, 4.69) is 29.6 Å². The predicted octanol–water partition coefficient (Wildman–Crippen LogP) is 2.31. The number of nitrogens with one attached hydrogen (secondary N) is 1. The van der Waals surface area contributed by atoms with E-state index in [0.29, 0.717) is 26.2 Å². The van der Waals surface area contributed by atoms with Gasteiger partial charge >= 0.3 is 12.1 Å². The van der Waals surface area contributed by atoms with Gasteiger partial charge in [-0.25, -0.2) is 4.79 Å². The molecule has 1 unspecified atom stereocenters. The van der Waals surface area contributed by atoms with Gasteiger partial charge in [0.2, 0.25) is 0 Å². The maximum absolute atomic E-state index is 12.6. The maximum Gasteiger partial charge on any atom is 0.409 e. The van der Waals surface area contributed by atoms with Crippen LogP contribution in [0.2, 0.25) is 0 Å². The van der Waals surface area contributed by atoms with Gasteiger partial charge in [0, 0.05) is 19.0 Å². The first-order valence-electron chi connectivity index (χ1n) is 9.77. The van der Waals surface area contributed by atoms with E-state index < -0.39 is 5.97 Å². The molecule has 1 heterocycles. The molecule has 1 fully saturated rings. The summed E-state index contributed by atoms with van der Waals surface area (Å²) in [7, 11) is 0. The lowest BCUT2D eigenvalue weighted by molar-refractivity contribution is -0.136. The first kappa shape index (κ1) is 19.4. The third-order valence-electron chi connectivity index (χ3n) is 5.38. The van der Waals surface area contributed by atoms with Crippen LogP contribution in [0.25, 0.3) is 11.1 Å². The van der Waals surface area contributed by atoms with Crippen LogP contribution in [0.3, 0.4) is 0 Å². The van der Waals surface area contributed by atoms with Gasteiger partial charge in [0.1, 0.15) is 6.61 Å². The highest BCUT2D eigenvalue weighted by atomic mass is 16.6. The molecule has 2 N–H and O–H groups in total. The Balaban J connectivity index is 1.37. The molecule has 7 heteroatoms. The van der Waals surface area contributed by atoms with Crippen molar-refractivity contribution >= 4 is 12.1 Å². The van der Waals surface area contributed by atoms with Gasteiger partial charge in [0.25, 0.3) is 0 Å². The molecule has 1 amide bonds. The van der Waals surface area contributed by atoms with Crippen molar-refractivity contribution in [2.45, 2.75) is 12.0 Å². The predicted molar refractivity (Wildman–Crippen MR) is 107 cm³/mol. The van der Waals surface area contributed by atoms with Crippen molar-refractivity contribution in [1.82, 2.24) is 10.2 Å². The lowest BCUT2D eigenvalue weighted by Crippen LogP contribution is -2.49. The van der Waals surface area contributed by atoms with Crippen molar-refractivity contribution < 1.29 is 24.2 Å². The van der Waals surface area contributed by atoms with Crippen LogP contribution in [-0.2, 0) is 14.3 Å². The minimum absolute atomic E-state index is 0.0282. The highest BCUT2D eigenvalue weighted by Crippen LogP contribution is 2.44. The van der Waals surface area contributed by atoms with Crippen molar-refractivity contribution in [2.75, 3.05) is 39.4 Å². The highest BCUT2D eigenvalue weighted by Gasteiger charge is 2.31. The zero-order valence-electron chi connectivity index (χ0n) is 16.0. The molecule has 1 atom stereocenters. The number of aliphatic carboxylic acids is 1. The van der Waals surface area contributed by atoms with E-state index in [1.807, 2.05) is 24.3 Å². The first-order chi connectivity index (χ1) is 14.1. The SMILES string of the molecule is O=C(O)CNCC1CN(C(=O)OCC2c3ccccc3-c3ccccc32)CCO1. The fourth-order valence-electron chi connectivity index (χ4n) is 4.03. The lowest BCUT2D eigenvalue weighted by Gasteiger charge is -2.32. The van der Waals surface area contributed by atoms with Crippen molar-refractivity contribution in [3.05, 3.63) is 59.7 Å². The van der Waals surface area contributed by atoms with E-state index in [0.717, 1.165) is 0 Å². The second-order valence-electron chi connectivity index (χ2n) is 7.27. The van der Waals surface area contributed by atoms with Crippen LogP contribution in [0.15, 0.2) is 48.5 Å². The monoisotopic (exact) mass is 396 g/mol. The number of fused-ring (bicyclic) bond motifs is 3. The number of hydrogen-bond acceptors (Lipinski definition) is 5. The van der Waals surface area contributed by atoms with E-state index in [1.54, 1.807) is 4.90 Å². The second kappa shape index (κ2) is 8.63. The summed E-state index contributed by atoms with van der Waals surface area (Å²) in [6.45, 7) is 1.77. The molecule has 0 spiro atoms. The number of benzene rings is 2. The van der Waals surface area contributed by atoms with Crippen molar-refractivity contribution in [2.24, 2.45) is 0 Å². The molecule has 0 bridgehead atoms. The molecule has 2 aliphatic rings. The summed E-state index contributed by atoms with van der Waals surface area (Å²) in [4.78, 5) is 24.9. The number of amides is 1. The van der Waals surface area contributed by atoms with E-state index >= 15 is 0 Å². The largest absolute Gasteiger partial charge is 0.480 e. The normalized spacial score (nSPS) is 18.2. The molecular weight excluding hydrogens is 372 g/mol. The minimum atomic E-state index is -0.922. The third kappa shape index (κ3) is 4.26. The maximum atomic E-state index is 12.6. The third-order valence-corrected chi connectivity index (χ3v) is 5.38. The van der Waals surface area contributed by atoms with Gasteiger partial charge in [-0.05, 0) is 22.3 Å². The zero-order chi connectivity index (χ0) is 20.2. The van der Waals surface area contributed by atoms with Crippen molar-refractivity contribution in [1.29, 1.82) is 0 Å². The molecule has 2 aromatic carbocycles. The summed E-state index contributed by atoms with van der Waals surface area (Å²) in [5.41, 5.74) is 4.75. The highest BCUT2D eigenvalue weighted by molar-refractivity contribution is 5.79. The van der Waals surface area contributed by atoms with E-state index in [-0.39, 0.29) is 31.3 Å². The van der Waals surface area contributed by atoms with Crippen LogP contribution in [0.5, 0.6) is 0 Å². The van der Waals surface area contributed by atoms with Crippen LogP contribution in [0.4, 0.5) is 4.79 Å². The van der Waals surface area contributed by atoms with Crippen LogP contribution < -0.4 is 5.32 Å². The molecule has 29 heavy (non-hydrogen) atoms. The molecule has 2 aromatic rings. The molecule has 7 nitrogen and oxygen atoms in total. The van der Waals surface area contributed by atoms with Gasteiger partial charge in [-0.3, -0.25) is 4.79 Å². The zero-order valence-corrected chi connectivity index (χ0v) is 16.0. The number of carboxylic acids is 1. The van der Waals surface area contributed by atoms with Gasteiger partial charge in [-0.15, -0.1) is 0 Å². The Labute approximate surface area is 169 Å². The number of ether oxygens (including phenoxy) is 2. The molecule has 152 valence electrons. The molecule has 4 rings (SSSR count). The Kier molecular flexibility index (Phi) is 5.78. The Bertz CT molecular complexity index is 855. The minimum Gasteiger partial charge on any atom is -0.480 e. The lowest BCUT2D eigenvalue weighted by atomic mass is 9.98. The summed E-state index contributed by atoms with van der Waals surface area (Å²) < 4.78 is 11.3. The summed E-state index contributed by atoms with van der Waals surface area (Å²) in [5.74, 6) is -0.894. The quantitative estimate of drug-likeness (QED) is 0.779. The average Bonchev–Trinajstić information content (AvgIpc) is 3.06. The van der Waals surface area contributed by atoms with Gasteiger partial charge in [0.15, 0.2) is 0 Å². The fourth-order valence-corrected chi connectivity index (χ4v) is 4.03. The second-order valence-corrected chi connectivity index (χ2v) is 7.27. The number of hydrogen-bond donors (Lipinski definition) is 2. The van der Waals surface area contributed by atoms with Gasteiger partial charge in [-0.1, -0.05) is 48.5 Å². The number of carbonyl (C=O) groups is 2. The van der Waals surface area contributed by atoms with Gasteiger partial charge in [-0.2, -0.15) is 0 Å². The Morgan fingerprint density at radius 2 is 1.76 bits per heavy atom. The molecule has 0 aromatic heterocycles. The van der Waals surface area contributed by atoms with Crippen LogP contribution in [0.1, 0.15) is 17.0 Å². The van der Waals surface area contributed by atoms with Crippen LogP contribution in [-0.4, -0.2) is 67.6 Å². The topological polar surface area (TPSA) is 88.1 Å². The molecule has 1 aliphatic heterocycles. The molecule has 1 aliphatic carbocycles. The van der Waals surface area contributed by atoms with Crippen molar-refractivity contribution in [3.8, 4) is 11.1 Å². The number of rotatable bonds is 6. The molecular formula is C22H24N2O5. The number of carboxylic acid groups (broad SMARTS) is 1. The smallest absolute Gasteiger partial charge is 0.409 e. The van der Waals surface area contributed by atoms with E-state index in [9.17, 15) is 9.59 Å². The van der Waals surface area contributed by atoms with E-state index in [1.165, 1.54) is 22.3 Å². The Morgan fingerprint density at radius 1 is 1.10 bits per heavy atom. The van der Waals surface area contributed by atoms with Crippen LogP contribution in [0, 0.1) is 0 Å². The average molecular weight is 396 g/mol.